The van der Waals surface area contributed by atoms with Crippen LogP contribution in [0.2, 0.25) is 0 Å². The molecule has 3 nitrogen and oxygen atoms in total. The van der Waals surface area contributed by atoms with Gasteiger partial charge >= 0.3 is 0 Å². The minimum absolute atomic E-state index is 0.521. The average molecular weight is 227 g/mol. The fraction of sp³-hybridized carbons (Fsp3) is 0.0833. The molecule has 0 N–H and O–H groups in total. The summed E-state index contributed by atoms with van der Waals surface area (Å²) in [5, 5.41) is 9.59. The van der Waals surface area contributed by atoms with E-state index < -0.39 is 0 Å². The predicted molar refractivity (Wildman–Crippen MR) is 64.0 cm³/mol. The summed E-state index contributed by atoms with van der Waals surface area (Å²) in [7, 11) is 0. The lowest BCUT2D eigenvalue weighted by Crippen LogP contribution is -1.93. The minimum Gasteiger partial charge on any atom is -0.235 e. The van der Waals surface area contributed by atoms with Crippen LogP contribution in [0.3, 0.4) is 0 Å². The SMILES string of the molecule is CSc1nc(-c2ccccc2)ncc1C#N. The number of benzene rings is 1. The number of nitriles is 1. The first-order valence-corrected chi connectivity index (χ1v) is 5.94. The van der Waals surface area contributed by atoms with Crippen LogP contribution in [0.4, 0.5) is 0 Å². The fourth-order valence-electron chi connectivity index (χ4n) is 1.32. The highest BCUT2D eigenvalue weighted by Crippen LogP contribution is 2.20. The number of rotatable bonds is 2. The molecule has 0 atom stereocenters. The van der Waals surface area contributed by atoms with Gasteiger partial charge in [0.1, 0.15) is 16.7 Å². The van der Waals surface area contributed by atoms with Gasteiger partial charge in [0.2, 0.25) is 0 Å². The Balaban J connectivity index is 2.49. The second kappa shape index (κ2) is 4.77. The monoisotopic (exact) mass is 227 g/mol. The molecule has 1 aromatic carbocycles. The third-order valence-corrected chi connectivity index (χ3v) is 2.80. The smallest absolute Gasteiger partial charge is 0.160 e. The number of hydrogen-bond acceptors (Lipinski definition) is 4. The Morgan fingerprint density at radius 3 is 2.62 bits per heavy atom. The molecule has 1 aromatic heterocycles. The molecule has 78 valence electrons. The number of hydrogen-bond donors (Lipinski definition) is 0. The molecule has 0 fully saturated rings. The largest absolute Gasteiger partial charge is 0.235 e. The van der Waals surface area contributed by atoms with Gasteiger partial charge in [0.25, 0.3) is 0 Å². The van der Waals surface area contributed by atoms with E-state index in [1.165, 1.54) is 11.8 Å². The lowest BCUT2D eigenvalue weighted by atomic mass is 10.2. The Bertz CT molecular complexity index is 532. The first-order valence-electron chi connectivity index (χ1n) is 4.71. The van der Waals surface area contributed by atoms with Crippen LogP contribution in [0, 0.1) is 11.3 Å². The van der Waals surface area contributed by atoms with Gasteiger partial charge in [0.05, 0.1) is 0 Å². The maximum Gasteiger partial charge on any atom is 0.160 e. The topological polar surface area (TPSA) is 49.6 Å². The van der Waals surface area contributed by atoms with E-state index in [4.69, 9.17) is 5.26 Å². The zero-order valence-electron chi connectivity index (χ0n) is 8.71. The normalized spacial score (nSPS) is 9.75. The molecule has 0 amide bonds. The van der Waals surface area contributed by atoms with E-state index in [1.54, 1.807) is 6.20 Å². The summed E-state index contributed by atoms with van der Waals surface area (Å²) < 4.78 is 0. The van der Waals surface area contributed by atoms with Gasteiger partial charge in [-0.15, -0.1) is 11.8 Å². The van der Waals surface area contributed by atoms with E-state index in [2.05, 4.69) is 16.0 Å². The third kappa shape index (κ3) is 2.05. The average Bonchev–Trinajstić information content (AvgIpc) is 2.39. The van der Waals surface area contributed by atoms with Crippen molar-refractivity contribution in [3.8, 4) is 17.5 Å². The van der Waals surface area contributed by atoms with E-state index in [0.717, 1.165) is 10.6 Å². The van der Waals surface area contributed by atoms with Gasteiger partial charge < -0.3 is 0 Å². The second-order valence-corrected chi connectivity index (χ2v) is 3.89. The van der Waals surface area contributed by atoms with Gasteiger partial charge in [-0.3, -0.25) is 0 Å². The second-order valence-electron chi connectivity index (χ2n) is 3.09. The molecule has 0 aliphatic heterocycles. The summed E-state index contributed by atoms with van der Waals surface area (Å²) in [6, 6.07) is 11.8. The van der Waals surface area contributed by atoms with E-state index in [-0.39, 0.29) is 0 Å². The van der Waals surface area contributed by atoms with Crippen molar-refractivity contribution in [2.75, 3.05) is 6.26 Å². The molecule has 1 heterocycles. The summed E-state index contributed by atoms with van der Waals surface area (Å²) in [5.41, 5.74) is 1.48. The molecule has 0 saturated heterocycles. The van der Waals surface area contributed by atoms with E-state index >= 15 is 0 Å². The maximum absolute atomic E-state index is 8.87. The van der Waals surface area contributed by atoms with Crippen molar-refractivity contribution in [3.63, 3.8) is 0 Å². The molecular formula is C12H9N3S. The molecule has 0 radical (unpaired) electrons. The van der Waals surface area contributed by atoms with Crippen molar-refractivity contribution < 1.29 is 0 Å². The van der Waals surface area contributed by atoms with Crippen LogP contribution in [-0.4, -0.2) is 16.2 Å². The molecule has 0 saturated carbocycles. The van der Waals surface area contributed by atoms with Crippen LogP contribution in [0.25, 0.3) is 11.4 Å². The summed E-state index contributed by atoms with van der Waals surface area (Å²) in [6.07, 6.45) is 3.47. The van der Waals surface area contributed by atoms with Crippen molar-refractivity contribution >= 4 is 11.8 Å². The van der Waals surface area contributed by atoms with Gasteiger partial charge in [-0.2, -0.15) is 5.26 Å². The van der Waals surface area contributed by atoms with Crippen LogP contribution in [0.15, 0.2) is 41.6 Å². The highest BCUT2D eigenvalue weighted by atomic mass is 32.2. The lowest BCUT2D eigenvalue weighted by molar-refractivity contribution is 1.04. The zero-order valence-corrected chi connectivity index (χ0v) is 9.53. The number of nitrogens with zero attached hydrogens (tertiary/aromatic N) is 3. The lowest BCUT2D eigenvalue weighted by Gasteiger charge is -2.02. The molecule has 16 heavy (non-hydrogen) atoms. The summed E-state index contributed by atoms with van der Waals surface area (Å²) >= 11 is 1.46. The first kappa shape index (κ1) is 10.7. The fourth-order valence-corrected chi connectivity index (χ4v) is 1.82. The highest BCUT2D eigenvalue weighted by molar-refractivity contribution is 7.98. The van der Waals surface area contributed by atoms with Gasteiger partial charge in [0.15, 0.2) is 5.82 Å². The van der Waals surface area contributed by atoms with E-state index in [0.29, 0.717) is 11.4 Å². The Labute approximate surface area is 98.2 Å². The quantitative estimate of drug-likeness (QED) is 0.584. The highest BCUT2D eigenvalue weighted by Gasteiger charge is 2.06. The molecule has 2 rings (SSSR count). The van der Waals surface area contributed by atoms with Crippen LogP contribution in [0.1, 0.15) is 5.56 Å². The summed E-state index contributed by atoms with van der Waals surface area (Å²) in [6.45, 7) is 0. The number of thioether (sulfide) groups is 1. The van der Waals surface area contributed by atoms with Crippen molar-refractivity contribution in [1.82, 2.24) is 9.97 Å². The minimum atomic E-state index is 0.521. The molecular weight excluding hydrogens is 218 g/mol. The zero-order chi connectivity index (χ0) is 11.4. The molecule has 0 aliphatic rings. The first-order chi connectivity index (χ1) is 7.85. The van der Waals surface area contributed by atoms with E-state index in [1.807, 2.05) is 36.6 Å². The Hall–Kier alpha value is -1.86. The molecule has 0 spiro atoms. The van der Waals surface area contributed by atoms with Crippen molar-refractivity contribution in [2.24, 2.45) is 0 Å². The van der Waals surface area contributed by atoms with Crippen molar-refractivity contribution in [1.29, 1.82) is 5.26 Å². The summed E-state index contributed by atoms with van der Waals surface area (Å²) in [4.78, 5) is 8.54. The van der Waals surface area contributed by atoms with Gasteiger partial charge in [-0.1, -0.05) is 30.3 Å². The van der Waals surface area contributed by atoms with Crippen LogP contribution in [0.5, 0.6) is 0 Å². The van der Waals surface area contributed by atoms with Crippen LogP contribution >= 0.6 is 11.8 Å². The molecule has 2 aromatic rings. The Morgan fingerprint density at radius 1 is 1.25 bits per heavy atom. The Kier molecular flexibility index (Phi) is 3.18. The van der Waals surface area contributed by atoms with E-state index in [9.17, 15) is 0 Å². The van der Waals surface area contributed by atoms with Crippen molar-refractivity contribution in [2.45, 2.75) is 5.03 Å². The molecule has 0 unspecified atom stereocenters. The van der Waals surface area contributed by atoms with Gasteiger partial charge in [0, 0.05) is 11.8 Å². The van der Waals surface area contributed by atoms with Crippen molar-refractivity contribution in [3.05, 3.63) is 42.1 Å². The van der Waals surface area contributed by atoms with Gasteiger partial charge in [-0.25, -0.2) is 9.97 Å². The van der Waals surface area contributed by atoms with Gasteiger partial charge in [-0.05, 0) is 6.26 Å². The predicted octanol–water partition coefficient (Wildman–Crippen LogP) is 2.74. The molecule has 0 bridgehead atoms. The number of aromatic nitrogens is 2. The maximum atomic E-state index is 8.87. The standard InChI is InChI=1S/C12H9N3S/c1-16-12-10(7-13)8-14-11(15-12)9-5-3-2-4-6-9/h2-6,8H,1H3. The molecule has 0 aliphatic carbocycles. The summed E-state index contributed by atoms with van der Waals surface area (Å²) in [5.74, 6) is 0.656. The van der Waals surface area contributed by atoms with Crippen LogP contribution < -0.4 is 0 Å². The van der Waals surface area contributed by atoms with Crippen LogP contribution in [-0.2, 0) is 0 Å². The third-order valence-electron chi connectivity index (χ3n) is 2.10. The Morgan fingerprint density at radius 2 is 2.00 bits per heavy atom. The molecule has 4 heteroatoms.